The van der Waals surface area contributed by atoms with Gasteiger partial charge in [-0.1, -0.05) is 23.4 Å². The smallest absolute Gasteiger partial charge is 0.155 e. The maximum atomic E-state index is 10.8. The first kappa shape index (κ1) is 11.1. The molecule has 0 N–H and O–H groups in total. The van der Waals surface area contributed by atoms with Crippen molar-refractivity contribution in [2.75, 3.05) is 0 Å². The Morgan fingerprint density at radius 2 is 2.31 bits per heavy atom. The van der Waals surface area contributed by atoms with Crippen LogP contribution >= 0.6 is 23.4 Å². The number of aromatic nitrogens is 4. The van der Waals surface area contributed by atoms with E-state index in [4.69, 9.17) is 11.6 Å². The number of carbonyl (C=O) groups is 1. The zero-order valence-electron chi connectivity index (χ0n) is 8.29. The molecule has 82 valence electrons. The van der Waals surface area contributed by atoms with Crippen LogP contribution in [0.15, 0.2) is 28.6 Å². The zero-order chi connectivity index (χ0) is 11.5. The van der Waals surface area contributed by atoms with Gasteiger partial charge >= 0.3 is 0 Å². The predicted octanol–water partition coefficient (Wildman–Crippen LogP) is 1.83. The molecule has 0 amide bonds. The number of hydrogen-bond acceptors (Lipinski definition) is 5. The summed E-state index contributed by atoms with van der Waals surface area (Å²) in [4.78, 5) is 19.5. The first-order valence-corrected chi connectivity index (χ1v) is 5.52. The lowest BCUT2D eigenvalue weighted by Crippen LogP contribution is -1.93. The van der Waals surface area contributed by atoms with Gasteiger partial charge in [0.2, 0.25) is 0 Å². The second kappa shape index (κ2) is 4.63. The molecule has 0 radical (unpaired) electrons. The lowest BCUT2D eigenvalue weighted by molar-refractivity contribution is 0.112. The van der Waals surface area contributed by atoms with Crippen molar-refractivity contribution in [2.24, 2.45) is 7.05 Å². The highest BCUT2D eigenvalue weighted by molar-refractivity contribution is 7.99. The maximum absolute atomic E-state index is 10.8. The van der Waals surface area contributed by atoms with Crippen LogP contribution in [0, 0.1) is 0 Å². The van der Waals surface area contributed by atoms with E-state index in [2.05, 4.69) is 15.1 Å². The van der Waals surface area contributed by atoms with Crippen LogP contribution in [0.4, 0.5) is 0 Å². The molecular formula is C9H7ClN4OS. The summed E-state index contributed by atoms with van der Waals surface area (Å²) >= 11 is 7.11. The fraction of sp³-hybridized carbons (Fsp3) is 0.111. The molecule has 0 unspecified atom stereocenters. The van der Waals surface area contributed by atoms with E-state index in [1.807, 2.05) is 13.2 Å². The van der Waals surface area contributed by atoms with Crippen LogP contribution < -0.4 is 0 Å². The number of aryl methyl sites for hydroxylation is 1. The van der Waals surface area contributed by atoms with Crippen LogP contribution in [0.3, 0.4) is 0 Å². The van der Waals surface area contributed by atoms with E-state index < -0.39 is 0 Å². The van der Waals surface area contributed by atoms with E-state index in [1.54, 1.807) is 10.9 Å². The average Bonchev–Trinajstić information content (AvgIpc) is 2.64. The van der Waals surface area contributed by atoms with Gasteiger partial charge in [0.25, 0.3) is 0 Å². The van der Waals surface area contributed by atoms with Gasteiger partial charge in [0.05, 0.1) is 16.7 Å². The topological polar surface area (TPSA) is 60.7 Å². The van der Waals surface area contributed by atoms with Gasteiger partial charge < -0.3 is 0 Å². The molecule has 0 aliphatic carbocycles. The summed E-state index contributed by atoms with van der Waals surface area (Å²) in [6.45, 7) is 0. The molecule has 0 saturated heterocycles. The Bertz CT molecular complexity index is 528. The van der Waals surface area contributed by atoms with Crippen molar-refractivity contribution in [3.8, 4) is 0 Å². The summed E-state index contributed by atoms with van der Waals surface area (Å²) in [6.07, 6.45) is 5.50. The molecule has 0 fully saturated rings. The molecule has 0 spiro atoms. The third-order valence-corrected chi connectivity index (χ3v) is 3.08. The zero-order valence-corrected chi connectivity index (χ0v) is 9.87. The van der Waals surface area contributed by atoms with Crippen molar-refractivity contribution in [1.29, 1.82) is 0 Å². The Morgan fingerprint density at radius 1 is 1.50 bits per heavy atom. The highest BCUT2D eigenvalue weighted by Crippen LogP contribution is 2.29. The standard InChI is InChI=1S/C9H7ClN4OS/c1-14-3-6(2-13-14)16-9-7(4-15)8(10)11-5-12-9/h2-5H,1H3. The van der Waals surface area contributed by atoms with E-state index >= 15 is 0 Å². The molecule has 0 aliphatic heterocycles. The van der Waals surface area contributed by atoms with Crippen LogP contribution in [-0.2, 0) is 7.05 Å². The SMILES string of the molecule is Cn1cc(Sc2ncnc(Cl)c2C=O)cn1. The highest BCUT2D eigenvalue weighted by atomic mass is 35.5. The molecule has 0 aromatic carbocycles. The van der Waals surface area contributed by atoms with Crippen molar-refractivity contribution >= 4 is 29.6 Å². The lowest BCUT2D eigenvalue weighted by Gasteiger charge is -2.01. The van der Waals surface area contributed by atoms with Gasteiger partial charge in [-0.2, -0.15) is 5.10 Å². The normalized spacial score (nSPS) is 10.4. The van der Waals surface area contributed by atoms with E-state index in [9.17, 15) is 4.79 Å². The molecule has 2 aromatic heterocycles. The van der Waals surface area contributed by atoms with Gasteiger partial charge in [-0.25, -0.2) is 9.97 Å². The molecule has 0 bridgehead atoms. The Labute approximate surface area is 101 Å². The van der Waals surface area contributed by atoms with Crippen molar-refractivity contribution in [1.82, 2.24) is 19.7 Å². The molecule has 2 aromatic rings. The Hall–Kier alpha value is -1.40. The van der Waals surface area contributed by atoms with E-state index in [1.165, 1.54) is 18.1 Å². The van der Waals surface area contributed by atoms with Gasteiger partial charge in [-0.3, -0.25) is 9.48 Å². The van der Waals surface area contributed by atoms with Crippen LogP contribution in [0.5, 0.6) is 0 Å². The van der Waals surface area contributed by atoms with Crippen molar-refractivity contribution in [3.05, 3.63) is 29.4 Å². The fourth-order valence-electron chi connectivity index (χ4n) is 1.10. The third kappa shape index (κ3) is 2.23. The average molecular weight is 255 g/mol. The summed E-state index contributed by atoms with van der Waals surface area (Å²) in [5.41, 5.74) is 0.304. The largest absolute Gasteiger partial charge is 0.298 e. The minimum atomic E-state index is 0.163. The Balaban J connectivity index is 2.34. The lowest BCUT2D eigenvalue weighted by atomic mass is 10.4. The molecule has 2 rings (SSSR count). The molecule has 5 nitrogen and oxygen atoms in total. The minimum absolute atomic E-state index is 0.163. The minimum Gasteiger partial charge on any atom is -0.298 e. The van der Waals surface area contributed by atoms with E-state index in [0.717, 1.165) is 4.90 Å². The second-order valence-corrected chi connectivity index (χ2v) is 4.37. The molecule has 0 saturated carbocycles. The highest BCUT2D eigenvalue weighted by Gasteiger charge is 2.11. The number of halogens is 1. The molecular weight excluding hydrogens is 248 g/mol. The molecule has 16 heavy (non-hydrogen) atoms. The summed E-state index contributed by atoms with van der Waals surface area (Å²) in [7, 11) is 1.82. The maximum Gasteiger partial charge on any atom is 0.155 e. The molecule has 2 heterocycles. The van der Waals surface area contributed by atoms with Gasteiger partial charge in [0.1, 0.15) is 16.5 Å². The predicted molar refractivity (Wildman–Crippen MR) is 59.8 cm³/mol. The quantitative estimate of drug-likeness (QED) is 0.618. The van der Waals surface area contributed by atoms with Crippen molar-refractivity contribution < 1.29 is 4.79 Å². The first-order valence-electron chi connectivity index (χ1n) is 4.33. The summed E-state index contributed by atoms with van der Waals surface area (Å²) in [5.74, 6) is 0. The molecule has 0 aliphatic rings. The second-order valence-electron chi connectivity index (χ2n) is 2.95. The molecule has 7 heteroatoms. The number of carbonyl (C=O) groups excluding carboxylic acids is 1. The van der Waals surface area contributed by atoms with Crippen molar-refractivity contribution in [3.63, 3.8) is 0 Å². The Morgan fingerprint density at radius 3 is 2.94 bits per heavy atom. The first-order chi connectivity index (χ1) is 7.70. The van der Waals surface area contributed by atoms with Crippen LogP contribution in [-0.4, -0.2) is 26.0 Å². The summed E-state index contributed by atoms with van der Waals surface area (Å²) in [5, 5.41) is 4.72. The van der Waals surface area contributed by atoms with Crippen molar-refractivity contribution in [2.45, 2.75) is 9.92 Å². The van der Waals surface area contributed by atoms with Gasteiger partial charge in [0.15, 0.2) is 6.29 Å². The van der Waals surface area contributed by atoms with Gasteiger partial charge in [-0.05, 0) is 0 Å². The summed E-state index contributed by atoms with van der Waals surface area (Å²) < 4.78 is 1.67. The summed E-state index contributed by atoms with van der Waals surface area (Å²) in [6, 6.07) is 0. The third-order valence-electron chi connectivity index (χ3n) is 1.81. The van der Waals surface area contributed by atoms with Crippen LogP contribution in [0.1, 0.15) is 10.4 Å². The van der Waals surface area contributed by atoms with E-state index in [0.29, 0.717) is 16.9 Å². The number of aldehydes is 1. The number of nitrogens with zero attached hydrogens (tertiary/aromatic N) is 4. The van der Waals surface area contributed by atoms with Crippen LogP contribution in [0.25, 0.3) is 0 Å². The number of rotatable bonds is 3. The fourth-order valence-corrected chi connectivity index (χ4v) is 2.22. The number of hydrogen-bond donors (Lipinski definition) is 0. The Kier molecular flexibility index (Phi) is 3.21. The van der Waals surface area contributed by atoms with E-state index in [-0.39, 0.29) is 5.15 Å². The van der Waals surface area contributed by atoms with Crippen LogP contribution in [0.2, 0.25) is 5.15 Å². The monoisotopic (exact) mass is 254 g/mol. The van der Waals surface area contributed by atoms with Gasteiger partial charge in [0, 0.05) is 13.2 Å². The molecule has 0 atom stereocenters. The van der Waals surface area contributed by atoms with Gasteiger partial charge in [-0.15, -0.1) is 0 Å².